The van der Waals surface area contributed by atoms with Crippen LogP contribution in [0, 0.1) is 0 Å². The lowest BCUT2D eigenvalue weighted by Gasteiger charge is -2.06. The third kappa shape index (κ3) is 2.44. The van der Waals surface area contributed by atoms with Crippen molar-refractivity contribution in [3.63, 3.8) is 0 Å². The van der Waals surface area contributed by atoms with Gasteiger partial charge in [-0.1, -0.05) is 29.3 Å². The second kappa shape index (κ2) is 6.06. The summed E-state index contributed by atoms with van der Waals surface area (Å²) in [4.78, 5) is 20.4. The number of benzene rings is 1. The van der Waals surface area contributed by atoms with Gasteiger partial charge in [0.05, 0.1) is 15.6 Å². The molecule has 0 bridgehead atoms. The van der Waals surface area contributed by atoms with Gasteiger partial charge >= 0.3 is 0 Å². The Balaban J connectivity index is 1.95. The fourth-order valence-electron chi connectivity index (χ4n) is 2.72. The third-order valence-electron chi connectivity index (χ3n) is 3.85. The summed E-state index contributed by atoms with van der Waals surface area (Å²) in [5.41, 5.74) is 3.59. The van der Waals surface area contributed by atoms with Gasteiger partial charge in [-0.25, -0.2) is 4.98 Å². The maximum Gasteiger partial charge on any atom is 0.196 e. The number of ketones is 1. The molecule has 1 aromatic carbocycles. The molecule has 0 aliphatic heterocycles. The lowest BCUT2D eigenvalue weighted by Crippen LogP contribution is -2.02. The number of halogens is 2. The van der Waals surface area contributed by atoms with E-state index in [4.69, 9.17) is 23.2 Å². The van der Waals surface area contributed by atoms with Crippen LogP contribution in [0.5, 0.6) is 0 Å². The number of nitrogens with one attached hydrogen (secondary N) is 1. The topological polar surface area (TPSA) is 45.8 Å². The van der Waals surface area contributed by atoms with E-state index in [1.165, 1.54) is 0 Å². The maximum atomic E-state index is 13.0. The summed E-state index contributed by atoms with van der Waals surface area (Å²) in [7, 11) is 0. The zero-order chi connectivity index (χ0) is 16.7. The summed E-state index contributed by atoms with van der Waals surface area (Å²) in [6, 6.07) is 8.99. The third-order valence-corrected chi connectivity index (χ3v) is 5.35. The lowest BCUT2D eigenvalue weighted by molar-refractivity contribution is 0.104. The number of aromatic amines is 1. The van der Waals surface area contributed by atoms with Crippen LogP contribution in [0.2, 0.25) is 10.0 Å². The van der Waals surface area contributed by atoms with Gasteiger partial charge < -0.3 is 4.98 Å². The van der Waals surface area contributed by atoms with E-state index in [0.29, 0.717) is 21.8 Å². The van der Waals surface area contributed by atoms with E-state index in [1.807, 2.05) is 22.9 Å². The average Bonchev–Trinajstić information content (AvgIpc) is 3.26. The van der Waals surface area contributed by atoms with E-state index in [-0.39, 0.29) is 10.8 Å². The Labute approximate surface area is 151 Å². The first kappa shape index (κ1) is 15.4. The van der Waals surface area contributed by atoms with Crippen molar-refractivity contribution in [2.75, 3.05) is 0 Å². The van der Waals surface area contributed by atoms with E-state index in [2.05, 4.69) is 9.97 Å². The minimum atomic E-state index is -0.182. The largest absolute Gasteiger partial charge is 0.345 e. The van der Waals surface area contributed by atoms with Gasteiger partial charge in [-0.3, -0.25) is 4.79 Å². The molecule has 0 fully saturated rings. The van der Waals surface area contributed by atoms with E-state index in [9.17, 15) is 4.79 Å². The first-order valence-electron chi connectivity index (χ1n) is 7.14. The normalized spacial score (nSPS) is 11.1. The number of H-pyrrole nitrogens is 1. The fourth-order valence-corrected chi connectivity index (χ4v) is 3.76. The first-order valence-corrected chi connectivity index (χ1v) is 8.84. The summed E-state index contributed by atoms with van der Waals surface area (Å²) in [5.74, 6) is -0.182. The first-order chi connectivity index (χ1) is 11.7. The second-order valence-corrected chi connectivity index (χ2v) is 6.79. The summed E-state index contributed by atoms with van der Waals surface area (Å²) in [6.07, 6.45) is 3.40. The number of rotatable bonds is 3. The molecule has 4 rings (SSSR count). The molecular formula is C18H10Cl2N2OS. The summed E-state index contributed by atoms with van der Waals surface area (Å²) < 4.78 is 0. The quantitative estimate of drug-likeness (QED) is 0.459. The Bertz CT molecular complexity index is 1050. The van der Waals surface area contributed by atoms with Crippen molar-refractivity contribution >= 4 is 51.4 Å². The monoisotopic (exact) mass is 372 g/mol. The number of hydrogen-bond acceptors (Lipinski definition) is 3. The summed E-state index contributed by atoms with van der Waals surface area (Å²) in [5, 5.41) is 5.46. The molecule has 0 radical (unpaired) electrons. The van der Waals surface area contributed by atoms with Crippen LogP contribution in [0.4, 0.5) is 0 Å². The van der Waals surface area contributed by atoms with Crippen LogP contribution in [0.3, 0.4) is 0 Å². The van der Waals surface area contributed by atoms with Gasteiger partial charge in [-0.05, 0) is 46.2 Å². The van der Waals surface area contributed by atoms with Crippen LogP contribution >= 0.6 is 34.5 Å². The Morgan fingerprint density at radius 1 is 1.12 bits per heavy atom. The number of thiophene rings is 1. The highest BCUT2D eigenvalue weighted by Crippen LogP contribution is 2.34. The van der Waals surface area contributed by atoms with Crippen LogP contribution < -0.4 is 0 Å². The highest BCUT2D eigenvalue weighted by molar-refractivity contribution is 7.08. The number of fused-ring (bicyclic) bond motifs is 1. The van der Waals surface area contributed by atoms with Gasteiger partial charge in [-0.2, -0.15) is 11.3 Å². The molecule has 6 heteroatoms. The van der Waals surface area contributed by atoms with Crippen LogP contribution in [0.1, 0.15) is 15.9 Å². The van der Waals surface area contributed by atoms with Crippen LogP contribution in [0.15, 0.2) is 53.5 Å². The Morgan fingerprint density at radius 3 is 2.79 bits per heavy atom. The molecule has 0 spiro atoms. The number of carbonyl (C=O) groups excluding carboxylic acids is 1. The van der Waals surface area contributed by atoms with Crippen molar-refractivity contribution in [2.24, 2.45) is 0 Å². The molecular weight excluding hydrogens is 363 g/mol. The molecule has 0 amide bonds. The van der Waals surface area contributed by atoms with Crippen molar-refractivity contribution in [3.05, 3.63) is 74.7 Å². The zero-order valence-electron chi connectivity index (χ0n) is 12.2. The molecule has 3 nitrogen and oxygen atoms in total. The fraction of sp³-hybridized carbons (Fsp3) is 0. The molecule has 0 saturated heterocycles. The minimum absolute atomic E-state index is 0.182. The Kier molecular flexibility index (Phi) is 3.88. The number of hydrogen-bond donors (Lipinski definition) is 1. The van der Waals surface area contributed by atoms with Gasteiger partial charge in [0.1, 0.15) is 5.65 Å². The van der Waals surface area contributed by atoms with Crippen LogP contribution in [-0.2, 0) is 0 Å². The molecule has 0 saturated carbocycles. The Morgan fingerprint density at radius 2 is 2.00 bits per heavy atom. The van der Waals surface area contributed by atoms with Gasteiger partial charge in [0.25, 0.3) is 0 Å². The highest BCUT2D eigenvalue weighted by Gasteiger charge is 2.21. The summed E-state index contributed by atoms with van der Waals surface area (Å²) >= 11 is 13.9. The number of carbonyl (C=O) groups is 1. The van der Waals surface area contributed by atoms with E-state index < -0.39 is 0 Å². The lowest BCUT2D eigenvalue weighted by atomic mass is 9.98. The second-order valence-electron chi connectivity index (χ2n) is 5.23. The molecule has 0 aliphatic carbocycles. The van der Waals surface area contributed by atoms with Crippen molar-refractivity contribution in [2.45, 2.75) is 0 Å². The molecule has 1 N–H and O–H groups in total. The predicted molar refractivity (Wildman–Crippen MR) is 99.3 cm³/mol. The summed E-state index contributed by atoms with van der Waals surface area (Å²) in [6.45, 7) is 0. The molecule has 3 aromatic heterocycles. The zero-order valence-corrected chi connectivity index (χ0v) is 14.5. The van der Waals surface area contributed by atoms with Crippen LogP contribution in [-0.4, -0.2) is 15.8 Å². The van der Waals surface area contributed by atoms with Gasteiger partial charge in [0.2, 0.25) is 0 Å². The number of aromatic nitrogens is 2. The van der Waals surface area contributed by atoms with E-state index >= 15 is 0 Å². The standard InChI is InChI=1S/C18H10Cl2N2OS/c19-14-3-1-2-12(16(14)20)17(23)13-8-22-18-15(13)11(4-6-21-18)10-5-7-24-9-10/h1-9H,(H,21,22). The van der Waals surface area contributed by atoms with Gasteiger partial charge in [0, 0.05) is 23.3 Å². The van der Waals surface area contributed by atoms with Crippen LogP contribution in [0.25, 0.3) is 22.2 Å². The van der Waals surface area contributed by atoms with Crippen molar-refractivity contribution in [1.29, 1.82) is 0 Å². The smallest absolute Gasteiger partial charge is 0.196 e. The highest BCUT2D eigenvalue weighted by atomic mass is 35.5. The van der Waals surface area contributed by atoms with Crippen molar-refractivity contribution in [3.8, 4) is 11.1 Å². The molecule has 3 heterocycles. The number of nitrogens with zero attached hydrogens (tertiary/aromatic N) is 1. The molecule has 0 unspecified atom stereocenters. The average molecular weight is 373 g/mol. The van der Waals surface area contributed by atoms with Gasteiger partial charge in [-0.15, -0.1) is 0 Å². The molecule has 24 heavy (non-hydrogen) atoms. The minimum Gasteiger partial charge on any atom is -0.345 e. The van der Waals surface area contributed by atoms with E-state index in [1.54, 1.807) is 41.9 Å². The predicted octanol–water partition coefficient (Wildman–Crippen LogP) is 5.83. The SMILES string of the molecule is O=C(c1cccc(Cl)c1Cl)c1c[nH]c2nccc(-c3ccsc3)c12. The molecule has 118 valence electrons. The molecule has 0 atom stereocenters. The van der Waals surface area contributed by atoms with Gasteiger partial charge in [0.15, 0.2) is 5.78 Å². The van der Waals surface area contributed by atoms with Crippen molar-refractivity contribution < 1.29 is 4.79 Å². The Hall–Kier alpha value is -2.14. The molecule has 0 aliphatic rings. The van der Waals surface area contributed by atoms with Crippen molar-refractivity contribution in [1.82, 2.24) is 9.97 Å². The number of pyridine rings is 1. The van der Waals surface area contributed by atoms with E-state index in [0.717, 1.165) is 16.5 Å². The molecule has 4 aromatic rings. The maximum absolute atomic E-state index is 13.0.